The zero-order valence-corrected chi connectivity index (χ0v) is 84.2. The van der Waals surface area contributed by atoms with Gasteiger partial charge in [-0.1, -0.05) is 114 Å². The maximum atomic E-state index is 13.0. The van der Waals surface area contributed by atoms with E-state index in [2.05, 4.69) is 198 Å². The van der Waals surface area contributed by atoms with E-state index in [0.29, 0.717) is 63.1 Å². The number of nitrogens with two attached hydrogens (primary N) is 5. The molecule has 0 bridgehead atoms. The summed E-state index contributed by atoms with van der Waals surface area (Å²) in [6.45, 7) is 21.8. The van der Waals surface area contributed by atoms with Crippen molar-refractivity contribution in [2.75, 3.05) is 212 Å². The number of pyridine rings is 5. The molecule has 0 saturated carbocycles. The Labute approximate surface area is 851 Å². The van der Waals surface area contributed by atoms with Gasteiger partial charge in [-0.15, -0.1) is 0 Å². The van der Waals surface area contributed by atoms with Crippen molar-refractivity contribution in [3.05, 3.63) is 345 Å². The van der Waals surface area contributed by atoms with Crippen LogP contribution in [0.15, 0.2) is 268 Å². The van der Waals surface area contributed by atoms with Crippen molar-refractivity contribution in [2.24, 2.45) is 0 Å². The van der Waals surface area contributed by atoms with Crippen LogP contribution in [-0.2, 0) is 32.1 Å². The first-order chi connectivity index (χ1) is 70.0. The highest BCUT2D eigenvalue weighted by Gasteiger charge is 2.27. The summed E-state index contributed by atoms with van der Waals surface area (Å²) in [5.41, 5.74) is 54.2. The Hall–Kier alpha value is -14.8. The van der Waals surface area contributed by atoms with Crippen LogP contribution < -0.4 is 58.5 Å². The highest BCUT2D eigenvalue weighted by atomic mass is 32.1. The normalized spacial score (nSPS) is 16.0. The summed E-state index contributed by atoms with van der Waals surface area (Å²) >= 11 is 2.99. The van der Waals surface area contributed by atoms with Gasteiger partial charge in [0.15, 0.2) is 39.2 Å². The Morgan fingerprint density at radius 2 is 0.750 bits per heavy atom. The van der Waals surface area contributed by atoms with E-state index >= 15 is 0 Å². The van der Waals surface area contributed by atoms with Crippen LogP contribution in [0.25, 0.3) is 49.7 Å². The number of aryl methyl sites for hydroxylation is 1. The van der Waals surface area contributed by atoms with Crippen molar-refractivity contribution in [3.63, 3.8) is 0 Å². The number of piperazine rings is 5. The summed E-state index contributed by atoms with van der Waals surface area (Å²) < 4.78 is 0. The molecule has 738 valence electrons. The van der Waals surface area contributed by atoms with E-state index in [4.69, 9.17) is 28.7 Å². The number of thiazole rings is 2. The van der Waals surface area contributed by atoms with Crippen LogP contribution in [0.1, 0.15) is 120 Å². The quantitative estimate of drug-likeness (QED) is 0.0229. The third kappa shape index (κ3) is 26.2. The molecule has 21 rings (SSSR count). The number of Topliss-reactive ketones (excluding diaryl/α,β-unsaturated/α-hetero) is 5. The summed E-state index contributed by atoms with van der Waals surface area (Å²) in [5, 5.41) is 7.32. The summed E-state index contributed by atoms with van der Waals surface area (Å²) in [5.74, 6) is 1.06. The highest BCUT2D eigenvalue weighted by molar-refractivity contribution is 7.18. The number of fused-ring (bicyclic) bond motifs is 1. The maximum absolute atomic E-state index is 13.0. The fourth-order valence-corrected chi connectivity index (χ4v) is 20.4. The number of benzene rings is 6. The summed E-state index contributed by atoms with van der Waals surface area (Å²) in [6.07, 6.45) is 37.1. The smallest absolute Gasteiger partial charge is 0.186 e. The van der Waals surface area contributed by atoms with Gasteiger partial charge in [-0.3, -0.25) is 43.9 Å². The van der Waals surface area contributed by atoms with Crippen molar-refractivity contribution in [1.82, 2.24) is 59.8 Å². The lowest BCUT2D eigenvalue weighted by Gasteiger charge is -2.34. The Bertz CT molecular complexity index is 6770. The minimum Gasteiger partial charge on any atom is -0.398 e. The van der Waals surface area contributed by atoms with E-state index in [9.17, 15) is 24.0 Å². The molecule has 13 aromatic rings. The third-order valence-corrected chi connectivity index (χ3v) is 29.9. The minimum atomic E-state index is -0.0338. The second-order valence-electron chi connectivity index (χ2n) is 37.7. The lowest BCUT2D eigenvalue weighted by atomic mass is 9.97. The SMILES string of the molecule is CN1CCN(c2ccc(C(=O)Cc3cc(-c4ccncc4)ccc3N)cn2)CC1.CN1CCN(c2ccc(C(=O)Cc3cc(-c4ccncc4)ccc3N)nc2)CC1.CN1CCN(c2ccc3cc(C(=O)Cc4cc(C5=CC=CC5)ccc4N)ncc3c2)CC1.CN1CCN(c2ncc(C(=O)Cc3cc(C4=CC=CC4)ccc3N)s2)CC1.Cc1nc(N2CCNCC2)sc1C(=O)Cc1cc(C2=CC=CC2)ccc1N. The van der Waals surface area contributed by atoms with Crippen LogP contribution in [0.5, 0.6) is 0 Å². The fraction of sp³-hybridized carbons (Fsp3) is 0.287. The summed E-state index contributed by atoms with van der Waals surface area (Å²) in [6, 6.07) is 53.2. The fourth-order valence-electron chi connectivity index (χ4n) is 18.4. The summed E-state index contributed by atoms with van der Waals surface area (Å²) in [4.78, 5) is 117. The zero-order chi connectivity index (χ0) is 100. The van der Waals surface area contributed by atoms with Gasteiger partial charge < -0.3 is 78.1 Å². The average Bonchev–Trinajstić information content (AvgIpc) is 0.942. The van der Waals surface area contributed by atoms with E-state index in [1.165, 1.54) is 45.1 Å². The number of nitrogens with zero attached hydrogens (tertiary/aromatic N) is 16. The van der Waals surface area contributed by atoms with E-state index < -0.39 is 0 Å². The third-order valence-electron chi connectivity index (χ3n) is 27.6. The van der Waals surface area contributed by atoms with Gasteiger partial charge >= 0.3 is 0 Å². The molecule has 7 aromatic heterocycles. The monoisotopic (exact) mass is 1960 g/mol. The number of anilines is 10. The molecule has 5 aliphatic heterocycles. The number of rotatable bonds is 25. The number of hydrogen-bond donors (Lipinski definition) is 6. The zero-order valence-electron chi connectivity index (χ0n) is 82.6. The molecule has 29 heteroatoms. The van der Waals surface area contributed by atoms with Crippen LogP contribution in [-0.4, -0.2) is 242 Å². The van der Waals surface area contributed by atoms with E-state index in [1.807, 2.05) is 147 Å². The number of likely N-dealkylation sites (N-methyl/N-ethyl adjacent to an activating group) is 4. The first-order valence-electron chi connectivity index (χ1n) is 49.4. The molecule has 27 nitrogen and oxygen atoms in total. The van der Waals surface area contributed by atoms with Gasteiger partial charge in [0.25, 0.3) is 0 Å². The Morgan fingerprint density at radius 1 is 0.333 bits per heavy atom. The Balaban J connectivity index is 0.000000124. The van der Waals surface area contributed by atoms with Crippen LogP contribution in [0.3, 0.4) is 0 Å². The number of nitrogens with one attached hydrogen (secondary N) is 1. The molecule has 11 N–H and O–H groups in total. The van der Waals surface area contributed by atoms with Gasteiger partial charge in [0.05, 0.1) is 33.5 Å². The van der Waals surface area contributed by atoms with Gasteiger partial charge in [0.2, 0.25) is 0 Å². The number of carbonyl (C=O) groups excluding carboxylic acids is 5. The van der Waals surface area contributed by atoms with Gasteiger partial charge in [0.1, 0.15) is 17.2 Å². The molecule has 0 atom stereocenters. The molecule has 8 aliphatic rings. The molecule has 0 unspecified atom stereocenters. The molecule has 144 heavy (non-hydrogen) atoms. The van der Waals surface area contributed by atoms with Crippen molar-refractivity contribution >= 4 is 135 Å². The van der Waals surface area contributed by atoms with E-state index in [-0.39, 0.29) is 48.2 Å². The number of ketones is 5. The second kappa shape index (κ2) is 47.8. The molecule has 3 aliphatic carbocycles. The number of nitrogen functional groups attached to an aromatic ring is 5. The van der Waals surface area contributed by atoms with E-state index in [0.717, 1.165) is 260 Å². The van der Waals surface area contributed by atoms with Crippen LogP contribution in [0, 0.1) is 6.92 Å². The number of aromatic nitrogens is 7. The average molecular weight is 1960 g/mol. The molecule has 6 aromatic carbocycles. The van der Waals surface area contributed by atoms with Gasteiger partial charge in [-0.05, 0) is 271 Å². The van der Waals surface area contributed by atoms with Crippen LogP contribution >= 0.6 is 22.7 Å². The van der Waals surface area contributed by atoms with Gasteiger partial charge in [0, 0.05) is 245 Å². The van der Waals surface area contributed by atoms with Crippen molar-refractivity contribution in [1.29, 1.82) is 0 Å². The highest BCUT2D eigenvalue weighted by Crippen LogP contribution is 2.37. The Morgan fingerprint density at radius 3 is 1.21 bits per heavy atom. The number of hydrogen-bond acceptors (Lipinski definition) is 29. The second-order valence-corrected chi connectivity index (χ2v) is 39.7. The lowest BCUT2D eigenvalue weighted by Crippen LogP contribution is -2.44. The lowest BCUT2D eigenvalue weighted by molar-refractivity contribution is 0.0980. The topological polar surface area (TPSA) is 347 Å². The largest absolute Gasteiger partial charge is 0.398 e. The molecular formula is C115H126N22O5S2. The number of carbonyl (C=O) groups is 5. The molecule has 5 fully saturated rings. The molecular weight excluding hydrogens is 1830 g/mol. The molecule has 12 heterocycles. The van der Waals surface area contributed by atoms with Gasteiger partial charge in [-0.2, -0.15) is 0 Å². The van der Waals surface area contributed by atoms with Crippen LogP contribution in [0.4, 0.5) is 55.9 Å². The number of allylic oxidation sites excluding steroid dienone is 12. The first-order valence-corrected chi connectivity index (χ1v) is 51.0. The van der Waals surface area contributed by atoms with Crippen LogP contribution in [0.2, 0.25) is 0 Å². The predicted molar refractivity (Wildman–Crippen MR) is 589 cm³/mol. The predicted octanol–water partition coefficient (Wildman–Crippen LogP) is 16.6. The van der Waals surface area contributed by atoms with Gasteiger partial charge in [-0.25, -0.2) is 15.0 Å². The Kier molecular flexibility index (Phi) is 33.5. The maximum Gasteiger partial charge on any atom is 0.186 e. The molecule has 5 saturated heterocycles. The first kappa shape index (κ1) is 101. The van der Waals surface area contributed by atoms with Crippen molar-refractivity contribution < 1.29 is 24.0 Å². The van der Waals surface area contributed by atoms with Crippen molar-refractivity contribution in [2.45, 2.75) is 58.3 Å². The molecule has 0 radical (unpaired) electrons. The van der Waals surface area contributed by atoms with E-state index in [1.54, 1.807) is 43.4 Å². The standard InChI is InChI=1S/C27H28N4O.2C23H25N5O.2C21H24N4OS/c1-30-10-12-31(13-11-30)24-8-6-21-16-26(29-18-23(21)15-24)27(32)17-22-14-20(7-9-25(22)28)19-4-2-3-5-19;1-27-10-12-28(13-11-27)20-3-5-22(26-16-20)23(29)15-19-14-18(2-4-21(19)24)17-6-8-25-9-7-17;1-27-10-12-28(13-11-27)23-5-3-19(16-26-23)22(29)15-20-14-18(2-4-21(20)24)17-6-8-25-9-7-17;1-24-8-10-25(11-9-24)21-23-14-20(27-21)19(26)13-17-12-16(6-7-18(17)22)15-4-2-3-5-15;1-14-20(27-21(24-14)25-10-8-23-9-11-25)19(26)13-17-12-16(6-7-18(17)22)15-4-2-3-5-15/h2-4,6-9,14-16,18H,5,10-13,17,28H2,1H3;2*2-9,14,16H,10-13,15,24H2,1H3;2-4,6-7,12,14H,5,8-11,13,22H2,1H3;2-4,6-7,12,23H,5,8-11,13,22H2,1H3. The molecule has 0 amide bonds. The summed E-state index contributed by atoms with van der Waals surface area (Å²) in [7, 11) is 8.55. The minimum absolute atomic E-state index is 0.0148. The van der Waals surface area contributed by atoms with Crippen molar-refractivity contribution in [3.8, 4) is 22.3 Å². The molecule has 0 spiro atoms.